The van der Waals surface area contributed by atoms with Crippen molar-refractivity contribution in [2.75, 3.05) is 0 Å². The first kappa shape index (κ1) is 6.15. The van der Waals surface area contributed by atoms with Crippen LogP contribution in [-0.4, -0.2) is 20.1 Å². The monoisotopic (exact) mass is 143 g/mol. The molecule has 9 heavy (non-hydrogen) atoms. The van der Waals surface area contributed by atoms with E-state index in [2.05, 4.69) is 22.9 Å². The van der Waals surface area contributed by atoms with Gasteiger partial charge in [-0.2, -0.15) is 4.68 Å². The molecule has 48 valence electrons. The molecule has 1 heterocycles. The molecule has 0 unspecified atom stereocenters. The molecular formula is C4H5N3OS. The van der Waals surface area contributed by atoms with Gasteiger partial charge in [0.1, 0.15) is 0 Å². The highest BCUT2D eigenvalue weighted by molar-refractivity contribution is 7.83. The van der Waals surface area contributed by atoms with Gasteiger partial charge in [-0.25, -0.2) is 0 Å². The van der Waals surface area contributed by atoms with Gasteiger partial charge in [-0.15, -0.1) is 17.7 Å². The molecule has 0 amide bonds. The van der Waals surface area contributed by atoms with Crippen LogP contribution >= 0.6 is 12.6 Å². The van der Waals surface area contributed by atoms with Crippen LogP contribution in [0.3, 0.4) is 0 Å². The van der Waals surface area contributed by atoms with Gasteiger partial charge in [-0.05, 0) is 0 Å². The highest BCUT2D eigenvalue weighted by Gasteiger charge is 1.92. The van der Waals surface area contributed by atoms with Gasteiger partial charge in [0.15, 0.2) is 0 Å². The molecule has 1 N–H and O–H groups in total. The Morgan fingerprint density at radius 3 is 3.00 bits per heavy atom. The Kier molecular flexibility index (Phi) is 1.74. The summed E-state index contributed by atoms with van der Waals surface area (Å²) in [5.74, 6) is -0.0455. The Morgan fingerprint density at radius 1 is 1.78 bits per heavy atom. The fourth-order valence-electron chi connectivity index (χ4n) is 0.390. The van der Waals surface area contributed by atoms with Gasteiger partial charge >= 0.3 is 0 Å². The molecule has 0 bridgehead atoms. The summed E-state index contributed by atoms with van der Waals surface area (Å²) in [7, 11) is 0. The quantitative estimate of drug-likeness (QED) is 0.445. The predicted molar refractivity (Wildman–Crippen MR) is 35.9 cm³/mol. The van der Waals surface area contributed by atoms with Crippen molar-refractivity contribution in [2.45, 2.75) is 0 Å². The highest BCUT2D eigenvalue weighted by Crippen LogP contribution is 1.95. The Bertz CT molecular complexity index is 206. The predicted octanol–water partition coefficient (Wildman–Crippen LogP) is 0.522. The molecule has 1 rings (SSSR count). The Hall–Kier alpha value is -0.970. The molecule has 0 radical (unpaired) electrons. The summed E-state index contributed by atoms with van der Waals surface area (Å²) in [6, 6.07) is 0. The maximum atomic E-state index is 8.86. The first-order valence-electron chi connectivity index (χ1n) is 2.24. The molecule has 4 nitrogen and oxygen atoms in total. The van der Waals surface area contributed by atoms with E-state index in [0.717, 1.165) is 0 Å². The van der Waals surface area contributed by atoms with Gasteiger partial charge in [-0.3, -0.25) is 0 Å². The van der Waals surface area contributed by atoms with Crippen LogP contribution in [0.15, 0.2) is 17.8 Å². The van der Waals surface area contributed by atoms with E-state index in [1.54, 1.807) is 0 Å². The third-order valence-corrected chi connectivity index (χ3v) is 1.00. The number of nitrogens with zero attached hydrogens (tertiary/aromatic N) is 3. The van der Waals surface area contributed by atoms with Gasteiger partial charge in [0.2, 0.25) is 5.88 Å². The molecule has 0 aliphatic rings. The minimum Gasteiger partial charge on any atom is -0.493 e. The number of aliphatic hydroxyl groups is 1. The van der Waals surface area contributed by atoms with Gasteiger partial charge in [0, 0.05) is 5.41 Å². The standard InChI is InChI=1S/C4H5N3OS/c8-4(3-9)7-2-1-5-6-7/h1-3,8-9H/b4-3-. The molecule has 0 aromatic carbocycles. The van der Waals surface area contributed by atoms with Crippen LogP contribution < -0.4 is 0 Å². The molecule has 0 spiro atoms. The van der Waals surface area contributed by atoms with Gasteiger partial charge < -0.3 is 5.11 Å². The van der Waals surface area contributed by atoms with E-state index in [9.17, 15) is 0 Å². The van der Waals surface area contributed by atoms with Crippen LogP contribution in [0.2, 0.25) is 0 Å². The Morgan fingerprint density at radius 2 is 2.56 bits per heavy atom. The second kappa shape index (κ2) is 2.54. The van der Waals surface area contributed by atoms with Gasteiger partial charge in [0.05, 0.1) is 12.4 Å². The number of hydrogen-bond acceptors (Lipinski definition) is 4. The van der Waals surface area contributed by atoms with E-state index in [0.29, 0.717) is 0 Å². The SMILES string of the molecule is O/C(=C\S)n1ccnn1. The van der Waals surface area contributed by atoms with Gasteiger partial charge in [0.25, 0.3) is 0 Å². The molecule has 0 aliphatic carbocycles. The fourth-order valence-corrected chi connectivity index (χ4v) is 0.508. The molecule has 0 aliphatic heterocycles. The van der Waals surface area contributed by atoms with Crippen molar-refractivity contribution in [3.05, 3.63) is 17.8 Å². The molecule has 0 atom stereocenters. The zero-order valence-corrected chi connectivity index (χ0v) is 5.36. The first-order chi connectivity index (χ1) is 4.34. The van der Waals surface area contributed by atoms with Crippen molar-refractivity contribution >= 4 is 18.5 Å². The van der Waals surface area contributed by atoms with Crippen LogP contribution in [0.5, 0.6) is 0 Å². The smallest absolute Gasteiger partial charge is 0.219 e. The lowest BCUT2D eigenvalue weighted by atomic mass is 10.8. The van der Waals surface area contributed by atoms with Crippen LogP contribution in [0.1, 0.15) is 0 Å². The van der Waals surface area contributed by atoms with E-state index >= 15 is 0 Å². The average Bonchev–Trinajstić information content (AvgIpc) is 2.37. The summed E-state index contributed by atoms with van der Waals surface area (Å²) in [5, 5.41) is 17.1. The van der Waals surface area contributed by atoms with Crippen LogP contribution in [0, 0.1) is 0 Å². The van der Waals surface area contributed by atoms with Crippen molar-refractivity contribution in [2.24, 2.45) is 0 Å². The summed E-state index contributed by atoms with van der Waals surface area (Å²) in [6.07, 6.45) is 2.98. The minimum atomic E-state index is -0.0455. The summed E-state index contributed by atoms with van der Waals surface area (Å²) >= 11 is 3.70. The van der Waals surface area contributed by atoms with Crippen LogP contribution in [-0.2, 0) is 0 Å². The molecular weight excluding hydrogens is 138 g/mol. The van der Waals surface area contributed by atoms with E-state index in [1.807, 2.05) is 0 Å². The topological polar surface area (TPSA) is 50.9 Å². The zero-order valence-electron chi connectivity index (χ0n) is 4.47. The normalized spacial score (nSPS) is 11.9. The maximum absolute atomic E-state index is 8.86. The number of rotatable bonds is 1. The highest BCUT2D eigenvalue weighted by atomic mass is 32.1. The van der Waals surface area contributed by atoms with E-state index in [1.165, 1.54) is 22.5 Å². The molecule has 1 aromatic rings. The molecule has 0 saturated heterocycles. The number of aliphatic hydroxyl groups excluding tert-OH is 1. The zero-order chi connectivity index (χ0) is 6.69. The molecule has 0 saturated carbocycles. The van der Waals surface area contributed by atoms with Crippen molar-refractivity contribution in [1.82, 2.24) is 15.0 Å². The number of hydrogen-bond donors (Lipinski definition) is 2. The van der Waals surface area contributed by atoms with E-state index in [4.69, 9.17) is 5.11 Å². The summed E-state index contributed by atoms with van der Waals surface area (Å²) in [6.45, 7) is 0. The number of thiol groups is 1. The van der Waals surface area contributed by atoms with E-state index < -0.39 is 0 Å². The lowest BCUT2D eigenvalue weighted by molar-refractivity contribution is 0.455. The second-order valence-electron chi connectivity index (χ2n) is 1.33. The van der Waals surface area contributed by atoms with Gasteiger partial charge in [-0.1, -0.05) is 5.21 Å². The Labute approximate surface area is 57.2 Å². The van der Waals surface area contributed by atoms with Crippen LogP contribution in [0.25, 0.3) is 5.88 Å². The minimum absolute atomic E-state index is 0.0455. The largest absolute Gasteiger partial charge is 0.493 e. The molecule has 1 aromatic heterocycles. The molecule has 0 fully saturated rings. The number of aromatic nitrogens is 3. The Balaban J connectivity index is 2.90. The van der Waals surface area contributed by atoms with Crippen molar-refractivity contribution < 1.29 is 5.11 Å². The fraction of sp³-hybridized carbons (Fsp3) is 0. The third kappa shape index (κ3) is 1.23. The van der Waals surface area contributed by atoms with E-state index in [-0.39, 0.29) is 5.88 Å². The van der Waals surface area contributed by atoms with Crippen molar-refractivity contribution in [1.29, 1.82) is 0 Å². The summed E-state index contributed by atoms with van der Waals surface area (Å²) < 4.78 is 1.20. The summed E-state index contributed by atoms with van der Waals surface area (Å²) in [5.41, 5.74) is 0. The summed E-state index contributed by atoms with van der Waals surface area (Å²) in [4.78, 5) is 0. The van der Waals surface area contributed by atoms with Crippen molar-refractivity contribution in [3.63, 3.8) is 0 Å². The van der Waals surface area contributed by atoms with Crippen LogP contribution in [0.4, 0.5) is 0 Å². The lowest BCUT2D eigenvalue weighted by Gasteiger charge is -1.92. The lowest BCUT2D eigenvalue weighted by Crippen LogP contribution is -1.95. The maximum Gasteiger partial charge on any atom is 0.219 e. The third-order valence-electron chi connectivity index (χ3n) is 0.773. The van der Waals surface area contributed by atoms with Crippen molar-refractivity contribution in [3.8, 4) is 0 Å². The first-order valence-corrected chi connectivity index (χ1v) is 2.76. The average molecular weight is 143 g/mol. The second-order valence-corrected chi connectivity index (χ2v) is 1.59. The molecule has 5 heteroatoms.